The molecule has 0 amide bonds. The van der Waals surface area contributed by atoms with Gasteiger partial charge in [0.1, 0.15) is 6.54 Å². The van der Waals surface area contributed by atoms with Gasteiger partial charge < -0.3 is 5.32 Å². The fraction of sp³-hybridized carbons (Fsp3) is 0.500. The maximum Gasteiger partial charge on any atom is 0.402 e. The van der Waals surface area contributed by atoms with Crippen LogP contribution in [-0.2, 0) is 20.0 Å². The van der Waals surface area contributed by atoms with Gasteiger partial charge in [0.25, 0.3) is 0 Å². The molecule has 146 valence electrons. The molecule has 1 aromatic carbocycles. The molecule has 0 aliphatic heterocycles. The molecular formula is C12H19ClF3N3O4S2. The van der Waals surface area contributed by atoms with Crippen molar-refractivity contribution in [3.8, 4) is 0 Å². The summed E-state index contributed by atoms with van der Waals surface area (Å²) >= 11 is 0. The molecule has 0 radical (unpaired) electrons. The van der Waals surface area contributed by atoms with E-state index in [1.165, 1.54) is 4.72 Å². The van der Waals surface area contributed by atoms with Crippen LogP contribution in [0.2, 0.25) is 0 Å². The van der Waals surface area contributed by atoms with Gasteiger partial charge in [-0.3, -0.25) is 0 Å². The first-order chi connectivity index (χ1) is 11.0. The lowest BCUT2D eigenvalue weighted by atomic mass is 10.4. The lowest BCUT2D eigenvalue weighted by Crippen LogP contribution is -2.34. The molecule has 0 unspecified atom stereocenters. The van der Waals surface area contributed by atoms with Crippen molar-refractivity contribution in [3.63, 3.8) is 0 Å². The van der Waals surface area contributed by atoms with Gasteiger partial charge in [0.15, 0.2) is 0 Å². The van der Waals surface area contributed by atoms with Crippen LogP contribution in [0.1, 0.15) is 6.92 Å². The summed E-state index contributed by atoms with van der Waals surface area (Å²) in [4.78, 5) is -0.646. The summed E-state index contributed by atoms with van der Waals surface area (Å²) in [5.41, 5.74) is 0. The molecule has 1 aromatic rings. The molecule has 25 heavy (non-hydrogen) atoms. The van der Waals surface area contributed by atoms with E-state index in [-0.39, 0.29) is 23.8 Å². The van der Waals surface area contributed by atoms with Gasteiger partial charge in [0.05, 0.1) is 9.79 Å². The topological polar surface area (TPSA) is 104 Å². The van der Waals surface area contributed by atoms with E-state index in [0.29, 0.717) is 13.1 Å². The van der Waals surface area contributed by atoms with E-state index in [2.05, 4.69) is 10.0 Å². The van der Waals surface area contributed by atoms with E-state index in [0.717, 1.165) is 24.3 Å². The molecule has 0 spiro atoms. The molecule has 0 bridgehead atoms. The lowest BCUT2D eigenvalue weighted by molar-refractivity contribution is -0.121. The van der Waals surface area contributed by atoms with Gasteiger partial charge in [-0.1, -0.05) is 6.92 Å². The number of halogens is 4. The molecule has 0 atom stereocenters. The molecule has 0 aliphatic carbocycles. The van der Waals surface area contributed by atoms with E-state index in [4.69, 9.17) is 0 Å². The Labute approximate surface area is 150 Å². The van der Waals surface area contributed by atoms with Crippen molar-refractivity contribution in [1.82, 2.24) is 14.8 Å². The Hall–Kier alpha value is -0.920. The lowest BCUT2D eigenvalue weighted by Gasteiger charge is -2.10. The van der Waals surface area contributed by atoms with Crippen LogP contribution in [0.15, 0.2) is 34.1 Å². The molecule has 0 saturated heterocycles. The molecule has 0 aliphatic rings. The smallest absolute Gasteiger partial charge is 0.316 e. The number of alkyl halides is 3. The Bertz CT molecular complexity index is 738. The standard InChI is InChI=1S/C12H18F3N3O4S2.ClH/c1-2-16-7-8-17-23(19,20)10-3-5-11(6-4-10)24(21,22)18-9-12(13,14)15;/h3-6,16-18H,2,7-9H2,1H3;1H. The molecule has 13 heteroatoms. The predicted octanol–water partition coefficient (Wildman–Crippen LogP) is 0.837. The Balaban J connectivity index is 0.00000576. The summed E-state index contributed by atoms with van der Waals surface area (Å²) in [6.07, 6.45) is -4.69. The van der Waals surface area contributed by atoms with E-state index in [1.54, 1.807) is 0 Å². The van der Waals surface area contributed by atoms with Crippen LogP contribution >= 0.6 is 12.4 Å². The number of sulfonamides is 2. The minimum atomic E-state index is -4.69. The number of benzene rings is 1. The number of hydrogen-bond donors (Lipinski definition) is 3. The van der Waals surface area contributed by atoms with Gasteiger partial charge in [0, 0.05) is 13.1 Å². The highest BCUT2D eigenvalue weighted by Crippen LogP contribution is 2.17. The van der Waals surface area contributed by atoms with Crippen LogP contribution < -0.4 is 14.8 Å². The molecule has 0 aromatic heterocycles. The van der Waals surface area contributed by atoms with E-state index < -0.39 is 37.7 Å². The van der Waals surface area contributed by atoms with Gasteiger partial charge in [-0.25, -0.2) is 26.3 Å². The fourth-order valence-electron chi connectivity index (χ4n) is 1.59. The molecule has 0 heterocycles. The Morgan fingerprint density at radius 1 is 0.880 bits per heavy atom. The van der Waals surface area contributed by atoms with Gasteiger partial charge in [-0.2, -0.15) is 13.2 Å². The van der Waals surface area contributed by atoms with Crippen LogP contribution in [0.25, 0.3) is 0 Å². The molecule has 7 nitrogen and oxygen atoms in total. The van der Waals surface area contributed by atoms with Crippen molar-refractivity contribution in [3.05, 3.63) is 24.3 Å². The monoisotopic (exact) mass is 425 g/mol. The summed E-state index contributed by atoms with van der Waals surface area (Å²) < 4.78 is 87.3. The Kier molecular flexibility index (Phi) is 9.33. The molecule has 0 saturated carbocycles. The van der Waals surface area contributed by atoms with Crippen LogP contribution in [-0.4, -0.2) is 49.2 Å². The average Bonchev–Trinajstić information content (AvgIpc) is 2.49. The molecule has 1 rings (SSSR count). The van der Waals surface area contributed by atoms with Crippen molar-refractivity contribution < 1.29 is 30.0 Å². The minimum absolute atomic E-state index is 0. The number of rotatable bonds is 9. The zero-order valence-electron chi connectivity index (χ0n) is 13.1. The van der Waals surface area contributed by atoms with Crippen molar-refractivity contribution in [2.75, 3.05) is 26.2 Å². The van der Waals surface area contributed by atoms with Crippen molar-refractivity contribution >= 4 is 32.5 Å². The van der Waals surface area contributed by atoms with Crippen molar-refractivity contribution in [2.24, 2.45) is 0 Å². The first kappa shape index (κ1) is 24.1. The SMILES string of the molecule is CCNCCNS(=O)(=O)c1ccc(S(=O)(=O)NCC(F)(F)F)cc1.Cl. The Morgan fingerprint density at radius 3 is 1.72 bits per heavy atom. The zero-order chi connectivity index (χ0) is 18.4. The summed E-state index contributed by atoms with van der Waals surface area (Å²) in [5.74, 6) is 0. The van der Waals surface area contributed by atoms with Gasteiger partial charge in [-0.05, 0) is 30.8 Å². The second-order valence-electron chi connectivity index (χ2n) is 4.66. The third kappa shape index (κ3) is 8.33. The normalized spacial score (nSPS) is 12.6. The first-order valence-corrected chi connectivity index (χ1v) is 9.81. The summed E-state index contributed by atoms with van der Waals surface area (Å²) in [6, 6.07) is 3.88. The number of likely N-dealkylation sites (N-methyl/N-ethyl adjacent to an activating group) is 1. The average molecular weight is 426 g/mol. The number of nitrogens with one attached hydrogen (secondary N) is 3. The highest BCUT2D eigenvalue weighted by molar-refractivity contribution is 7.90. The summed E-state index contributed by atoms with van der Waals surface area (Å²) in [7, 11) is -8.20. The van der Waals surface area contributed by atoms with Gasteiger partial charge in [0.2, 0.25) is 20.0 Å². The highest BCUT2D eigenvalue weighted by atomic mass is 35.5. The first-order valence-electron chi connectivity index (χ1n) is 6.85. The van der Waals surface area contributed by atoms with Crippen LogP contribution in [0.4, 0.5) is 13.2 Å². The van der Waals surface area contributed by atoms with Crippen molar-refractivity contribution in [1.29, 1.82) is 0 Å². The largest absolute Gasteiger partial charge is 0.402 e. The third-order valence-electron chi connectivity index (χ3n) is 2.75. The highest BCUT2D eigenvalue weighted by Gasteiger charge is 2.30. The van der Waals surface area contributed by atoms with Crippen LogP contribution in [0, 0.1) is 0 Å². The summed E-state index contributed by atoms with van der Waals surface area (Å²) in [6.45, 7) is 1.40. The second-order valence-corrected chi connectivity index (χ2v) is 8.20. The summed E-state index contributed by atoms with van der Waals surface area (Å²) in [5, 5.41) is 2.92. The van der Waals surface area contributed by atoms with Gasteiger partial charge >= 0.3 is 6.18 Å². The van der Waals surface area contributed by atoms with E-state index in [9.17, 15) is 30.0 Å². The van der Waals surface area contributed by atoms with Crippen LogP contribution in [0.3, 0.4) is 0 Å². The fourth-order valence-corrected chi connectivity index (χ4v) is 3.64. The molecular weight excluding hydrogens is 407 g/mol. The van der Waals surface area contributed by atoms with E-state index in [1.807, 2.05) is 6.92 Å². The quantitative estimate of drug-likeness (QED) is 0.508. The number of hydrogen-bond acceptors (Lipinski definition) is 5. The maximum atomic E-state index is 12.1. The zero-order valence-corrected chi connectivity index (χ0v) is 15.6. The Morgan fingerprint density at radius 2 is 1.32 bits per heavy atom. The third-order valence-corrected chi connectivity index (χ3v) is 5.64. The van der Waals surface area contributed by atoms with Gasteiger partial charge in [-0.15, -0.1) is 12.4 Å². The van der Waals surface area contributed by atoms with Crippen LogP contribution in [0.5, 0.6) is 0 Å². The molecule has 0 fully saturated rings. The van der Waals surface area contributed by atoms with Crippen molar-refractivity contribution in [2.45, 2.75) is 22.9 Å². The molecule has 3 N–H and O–H groups in total. The van der Waals surface area contributed by atoms with E-state index >= 15 is 0 Å². The maximum absolute atomic E-state index is 12.1. The second kappa shape index (κ2) is 9.69. The minimum Gasteiger partial charge on any atom is -0.316 e. The predicted molar refractivity (Wildman–Crippen MR) is 88.7 cm³/mol.